The molecule has 0 unspecified atom stereocenters. The molecule has 0 atom stereocenters. The highest BCUT2D eigenvalue weighted by molar-refractivity contribution is 5.99. The highest BCUT2D eigenvalue weighted by Crippen LogP contribution is 2.36. The van der Waals surface area contributed by atoms with Crippen molar-refractivity contribution in [3.8, 4) is 28.4 Å². The molecule has 3 aromatic carbocycles. The minimum absolute atomic E-state index is 0.0107. The summed E-state index contributed by atoms with van der Waals surface area (Å²) in [6.07, 6.45) is 5.13. The number of anilines is 1. The third kappa shape index (κ3) is 4.90. The van der Waals surface area contributed by atoms with Crippen LogP contribution in [0.3, 0.4) is 0 Å². The summed E-state index contributed by atoms with van der Waals surface area (Å²) in [6, 6.07) is 23.1. The number of aromatic nitrogens is 2. The maximum Gasteiger partial charge on any atom is 0.235 e. The monoisotopic (exact) mass is 468 g/mol. The minimum Gasteiger partial charge on any atom is -0.497 e. The topological polar surface area (TPSA) is 88.3 Å². The molecule has 1 aromatic heterocycles. The molecule has 0 radical (unpaired) electrons. The normalized spacial score (nSPS) is 14.8. The van der Waals surface area contributed by atoms with Gasteiger partial charge in [0.05, 0.1) is 18.7 Å². The van der Waals surface area contributed by atoms with Crippen molar-refractivity contribution in [3.05, 3.63) is 90.8 Å². The van der Waals surface area contributed by atoms with Gasteiger partial charge in [0.25, 0.3) is 0 Å². The van der Waals surface area contributed by atoms with Crippen molar-refractivity contribution in [2.45, 2.75) is 18.3 Å². The molecule has 178 valence electrons. The molecule has 0 bridgehead atoms. The molecular weight excluding hydrogens is 440 g/mol. The second kappa shape index (κ2) is 10.0. The van der Waals surface area contributed by atoms with E-state index < -0.39 is 5.41 Å². The number of hydrogen-bond donors (Lipinski definition) is 3. The molecule has 7 heteroatoms. The van der Waals surface area contributed by atoms with Gasteiger partial charge in [0.2, 0.25) is 5.91 Å². The van der Waals surface area contributed by atoms with E-state index in [0.717, 1.165) is 54.1 Å². The van der Waals surface area contributed by atoms with Crippen molar-refractivity contribution in [2.24, 2.45) is 0 Å². The van der Waals surface area contributed by atoms with Crippen molar-refractivity contribution < 1.29 is 14.3 Å². The molecule has 2 heterocycles. The summed E-state index contributed by atoms with van der Waals surface area (Å²) < 4.78 is 11.2. The van der Waals surface area contributed by atoms with Gasteiger partial charge in [-0.15, -0.1) is 0 Å². The number of methoxy groups -OCH3 is 1. The Bertz CT molecular complexity index is 1260. The maximum atomic E-state index is 13.7. The standard InChI is InChI=1S/C28H28N4O3/c1-34-25-3-2-4-26(17-25)35-24-11-9-23(10-12-24)32-27(33)28(13-15-29-16-14-28)22-7-5-20(6-8-22)21-18-30-31-19-21/h2-12,17-19,29H,13-16H2,1H3,(H,30,31)(H,32,33). The van der Waals surface area contributed by atoms with E-state index in [4.69, 9.17) is 9.47 Å². The Morgan fingerprint density at radius 2 is 1.66 bits per heavy atom. The molecule has 1 aliphatic rings. The van der Waals surface area contributed by atoms with E-state index in [0.29, 0.717) is 11.5 Å². The van der Waals surface area contributed by atoms with Crippen LogP contribution >= 0.6 is 0 Å². The smallest absolute Gasteiger partial charge is 0.235 e. The lowest BCUT2D eigenvalue weighted by Gasteiger charge is -2.37. The molecule has 0 aliphatic carbocycles. The number of carbonyl (C=O) groups is 1. The van der Waals surface area contributed by atoms with E-state index in [1.807, 2.05) is 54.7 Å². The second-order valence-corrected chi connectivity index (χ2v) is 8.66. The Labute approximate surface area is 204 Å². The first kappa shape index (κ1) is 22.7. The third-order valence-corrected chi connectivity index (χ3v) is 6.55. The molecule has 4 aromatic rings. The van der Waals surface area contributed by atoms with Gasteiger partial charge in [-0.25, -0.2) is 0 Å². The average molecular weight is 469 g/mol. The lowest BCUT2D eigenvalue weighted by atomic mass is 9.72. The first-order valence-corrected chi connectivity index (χ1v) is 11.7. The minimum atomic E-state index is -0.587. The van der Waals surface area contributed by atoms with Crippen LogP contribution in [-0.4, -0.2) is 36.3 Å². The van der Waals surface area contributed by atoms with E-state index in [1.165, 1.54) is 0 Å². The van der Waals surface area contributed by atoms with Gasteiger partial charge in [-0.2, -0.15) is 5.10 Å². The Balaban J connectivity index is 1.32. The van der Waals surface area contributed by atoms with Gasteiger partial charge in [-0.3, -0.25) is 9.89 Å². The summed E-state index contributed by atoms with van der Waals surface area (Å²) in [6.45, 7) is 1.59. The number of hydrogen-bond acceptors (Lipinski definition) is 5. The van der Waals surface area contributed by atoms with Crippen LogP contribution in [0.15, 0.2) is 85.2 Å². The molecular formula is C28H28N4O3. The van der Waals surface area contributed by atoms with Crippen LogP contribution in [0.4, 0.5) is 5.69 Å². The lowest BCUT2D eigenvalue weighted by molar-refractivity contribution is -0.122. The largest absolute Gasteiger partial charge is 0.497 e. The Kier molecular flexibility index (Phi) is 6.50. The Morgan fingerprint density at radius 3 is 2.34 bits per heavy atom. The molecule has 1 saturated heterocycles. The maximum absolute atomic E-state index is 13.7. The van der Waals surface area contributed by atoms with E-state index in [-0.39, 0.29) is 5.91 Å². The predicted octanol–water partition coefficient (Wildman–Crippen LogP) is 5.14. The number of carbonyl (C=O) groups excluding carboxylic acids is 1. The summed E-state index contributed by atoms with van der Waals surface area (Å²) in [5.74, 6) is 2.12. The molecule has 1 fully saturated rings. The number of piperidine rings is 1. The number of rotatable bonds is 7. The van der Waals surface area contributed by atoms with Crippen molar-refractivity contribution in [1.82, 2.24) is 15.5 Å². The van der Waals surface area contributed by atoms with Crippen molar-refractivity contribution in [3.63, 3.8) is 0 Å². The number of ether oxygens (including phenoxy) is 2. The summed E-state index contributed by atoms with van der Waals surface area (Å²) in [5.41, 5.74) is 3.27. The zero-order valence-electron chi connectivity index (χ0n) is 19.6. The van der Waals surface area contributed by atoms with E-state index in [2.05, 4.69) is 45.1 Å². The summed E-state index contributed by atoms with van der Waals surface area (Å²) in [7, 11) is 1.62. The molecule has 5 rings (SSSR count). The molecule has 1 amide bonds. The van der Waals surface area contributed by atoms with Crippen molar-refractivity contribution in [1.29, 1.82) is 0 Å². The zero-order chi connectivity index (χ0) is 24.1. The molecule has 3 N–H and O–H groups in total. The van der Waals surface area contributed by atoms with Crippen LogP contribution in [0.5, 0.6) is 17.2 Å². The number of benzene rings is 3. The van der Waals surface area contributed by atoms with Crippen LogP contribution < -0.4 is 20.1 Å². The van der Waals surface area contributed by atoms with E-state index in [9.17, 15) is 4.79 Å². The first-order chi connectivity index (χ1) is 17.2. The number of nitrogens with zero attached hydrogens (tertiary/aromatic N) is 1. The third-order valence-electron chi connectivity index (χ3n) is 6.55. The lowest BCUT2D eigenvalue weighted by Crippen LogP contribution is -2.48. The van der Waals surface area contributed by atoms with Gasteiger partial charge in [0.1, 0.15) is 17.2 Å². The quantitative estimate of drug-likeness (QED) is 0.350. The van der Waals surface area contributed by atoms with E-state index in [1.54, 1.807) is 13.3 Å². The highest BCUT2D eigenvalue weighted by atomic mass is 16.5. The van der Waals surface area contributed by atoms with Crippen LogP contribution in [0.2, 0.25) is 0 Å². The van der Waals surface area contributed by atoms with Gasteiger partial charge in [-0.05, 0) is 73.5 Å². The van der Waals surface area contributed by atoms with Gasteiger partial charge in [0.15, 0.2) is 0 Å². The molecule has 0 spiro atoms. The SMILES string of the molecule is COc1cccc(Oc2ccc(NC(=O)C3(c4ccc(-c5cn[nH]c5)cc4)CCNCC3)cc2)c1. The molecule has 7 nitrogen and oxygen atoms in total. The number of nitrogens with one attached hydrogen (secondary N) is 3. The fourth-order valence-electron chi connectivity index (χ4n) is 4.55. The highest BCUT2D eigenvalue weighted by Gasteiger charge is 2.41. The van der Waals surface area contributed by atoms with Gasteiger partial charge >= 0.3 is 0 Å². The van der Waals surface area contributed by atoms with Crippen molar-refractivity contribution in [2.75, 3.05) is 25.5 Å². The fourth-order valence-corrected chi connectivity index (χ4v) is 4.55. The summed E-state index contributed by atoms with van der Waals surface area (Å²) in [5, 5.41) is 13.4. The number of aromatic amines is 1. The average Bonchev–Trinajstić information content (AvgIpc) is 3.46. The van der Waals surface area contributed by atoms with Crippen LogP contribution in [0.25, 0.3) is 11.1 Å². The predicted molar refractivity (Wildman–Crippen MR) is 136 cm³/mol. The van der Waals surface area contributed by atoms with Crippen molar-refractivity contribution >= 4 is 11.6 Å². The summed E-state index contributed by atoms with van der Waals surface area (Å²) in [4.78, 5) is 13.7. The Hall–Kier alpha value is -4.10. The second-order valence-electron chi connectivity index (χ2n) is 8.66. The van der Waals surface area contributed by atoms with Crippen LogP contribution in [0.1, 0.15) is 18.4 Å². The Morgan fingerprint density at radius 1 is 0.914 bits per heavy atom. The van der Waals surface area contributed by atoms with Gasteiger partial charge in [0, 0.05) is 23.5 Å². The van der Waals surface area contributed by atoms with Gasteiger partial charge in [-0.1, -0.05) is 30.3 Å². The van der Waals surface area contributed by atoms with Crippen LogP contribution in [-0.2, 0) is 10.2 Å². The van der Waals surface area contributed by atoms with Crippen LogP contribution in [0, 0.1) is 0 Å². The molecule has 35 heavy (non-hydrogen) atoms. The first-order valence-electron chi connectivity index (χ1n) is 11.7. The van der Waals surface area contributed by atoms with Gasteiger partial charge < -0.3 is 20.1 Å². The number of amides is 1. The summed E-state index contributed by atoms with van der Waals surface area (Å²) >= 11 is 0. The van der Waals surface area contributed by atoms with E-state index >= 15 is 0 Å². The molecule has 0 saturated carbocycles. The number of H-pyrrole nitrogens is 1. The fraction of sp³-hybridized carbons (Fsp3) is 0.214. The molecule has 1 aliphatic heterocycles. The zero-order valence-corrected chi connectivity index (χ0v) is 19.6.